The topological polar surface area (TPSA) is 75.6 Å². The minimum atomic E-state index is -0.576. The van der Waals surface area contributed by atoms with Crippen LogP contribution in [0.2, 0.25) is 0 Å². The molecule has 1 aromatic heterocycles. The van der Waals surface area contributed by atoms with Crippen molar-refractivity contribution in [2.24, 2.45) is 0 Å². The number of carbonyl (C=O) groups is 2. The summed E-state index contributed by atoms with van der Waals surface area (Å²) >= 11 is 0. The zero-order valence-corrected chi connectivity index (χ0v) is 19.1. The number of hydrogen-bond donors (Lipinski definition) is 2. The van der Waals surface area contributed by atoms with E-state index < -0.39 is 12.0 Å². The van der Waals surface area contributed by atoms with E-state index in [0.29, 0.717) is 17.8 Å². The van der Waals surface area contributed by atoms with E-state index in [0.717, 1.165) is 18.7 Å². The number of fused-ring (bicyclic) bond motifs is 1. The smallest absolute Gasteiger partial charge is 0.338 e. The predicted octanol–water partition coefficient (Wildman–Crippen LogP) is 3.76. The van der Waals surface area contributed by atoms with Gasteiger partial charge in [-0.05, 0) is 30.2 Å². The van der Waals surface area contributed by atoms with Crippen molar-refractivity contribution < 1.29 is 14.3 Å². The largest absolute Gasteiger partial charge is 0.463 e. The molecule has 0 saturated carbocycles. The van der Waals surface area contributed by atoms with Crippen LogP contribution in [-0.2, 0) is 16.1 Å². The van der Waals surface area contributed by atoms with Crippen molar-refractivity contribution in [1.29, 1.82) is 0 Å². The van der Waals surface area contributed by atoms with Crippen LogP contribution in [0, 0.1) is 0 Å². The fourth-order valence-corrected chi connectivity index (χ4v) is 4.91. The normalized spacial score (nSPS) is 20.3. The van der Waals surface area contributed by atoms with Crippen LogP contribution in [0.5, 0.6) is 0 Å². The lowest BCUT2D eigenvalue weighted by Gasteiger charge is -2.39. The number of carbonyl (C=O) groups excluding carboxylic acids is 2. The first-order chi connectivity index (χ1) is 16.7. The molecule has 2 amide bonds. The third-order valence-corrected chi connectivity index (χ3v) is 6.40. The van der Waals surface area contributed by atoms with Gasteiger partial charge in [-0.15, -0.1) is 0 Å². The third kappa shape index (κ3) is 4.22. The van der Waals surface area contributed by atoms with E-state index >= 15 is 0 Å². The van der Waals surface area contributed by atoms with Gasteiger partial charge in [0.2, 0.25) is 0 Å². The Morgan fingerprint density at radius 1 is 0.971 bits per heavy atom. The van der Waals surface area contributed by atoms with Crippen LogP contribution in [0.15, 0.2) is 90.3 Å². The summed E-state index contributed by atoms with van der Waals surface area (Å²) < 4.78 is 7.70. The summed E-state index contributed by atoms with van der Waals surface area (Å²) in [4.78, 5) is 28.2. The summed E-state index contributed by atoms with van der Waals surface area (Å²) in [5.74, 6) is -0.421. The van der Waals surface area contributed by atoms with Crippen molar-refractivity contribution in [1.82, 2.24) is 20.1 Å². The van der Waals surface area contributed by atoms with Gasteiger partial charge >= 0.3 is 12.0 Å². The molecule has 0 saturated heterocycles. The van der Waals surface area contributed by atoms with Crippen LogP contribution < -0.4 is 10.6 Å². The molecule has 3 heterocycles. The highest BCUT2D eigenvalue weighted by Gasteiger charge is 2.36. The average Bonchev–Trinajstić information content (AvgIpc) is 3.33. The quantitative estimate of drug-likeness (QED) is 0.554. The number of benzene rings is 2. The fourth-order valence-electron chi connectivity index (χ4n) is 4.91. The van der Waals surface area contributed by atoms with E-state index in [2.05, 4.69) is 50.6 Å². The Hall–Kier alpha value is -3.84. The first-order valence-corrected chi connectivity index (χ1v) is 11.6. The van der Waals surface area contributed by atoms with Gasteiger partial charge in [0, 0.05) is 37.2 Å². The van der Waals surface area contributed by atoms with Crippen molar-refractivity contribution in [3.05, 3.63) is 107 Å². The van der Waals surface area contributed by atoms with E-state index in [1.165, 1.54) is 11.3 Å². The van der Waals surface area contributed by atoms with Crippen molar-refractivity contribution in [3.63, 3.8) is 0 Å². The summed E-state index contributed by atoms with van der Waals surface area (Å²) in [6, 6.07) is 23.2. The molecule has 174 valence electrons. The predicted molar refractivity (Wildman–Crippen MR) is 129 cm³/mol. The van der Waals surface area contributed by atoms with E-state index in [-0.39, 0.29) is 18.7 Å². The highest BCUT2D eigenvalue weighted by Crippen LogP contribution is 2.34. The van der Waals surface area contributed by atoms with Gasteiger partial charge < -0.3 is 19.9 Å². The van der Waals surface area contributed by atoms with E-state index in [9.17, 15) is 9.59 Å². The number of hydrogen-bond acceptors (Lipinski definition) is 4. The summed E-state index contributed by atoms with van der Waals surface area (Å²) in [7, 11) is 0. The molecule has 0 aliphatic carbocycles. The number of aromatic nitrogens is 1. The summed E-state index contributed by atoms with van der Waals surface area (Å²) in [6.45, 7) is 4.07. The molecule has 0 unspecified atom stereocenters. The monoisotopic (exact) mass is 456 g/mol. The molecule has 3 aromatic rings. The highest BCUT2D eigenvalue weighted by atomic mass is 16.5. The molecule has 0 spiro atoms. The summed E-state index contributed by atoms with van der Waals surface area (Å²) in [5.41, 5.74) is 4.22. The summed E-state index contributed by atoms with van der Waals surface area (Å²) in [6.07, 6.45) is 2.10. The second-order valence-electron chi connectivity index (χ2n) is 8.47. The standard InChI is InChI=1S/C27H28N4O3/c1-2-34-26(32)23-21(28-27(33)29-24(23)19-10-5-3-6-11-19)18-31-17-16-30-15-9-14-22(30)25(31)20-12-7-4-8-13-20/h3-15,24-25H,2,16-18H2,1H3,(H2,28,29,33)/t24-,25+/m1/s1. The van der Waals surface area contributed by atoms with Gasteiger partial charge in [0.05, 0.1) is 24.3 Å². The van der Waals surface area contributed by atoms with Crippen LogP contribution in [0.3, 0.4) is 0 Å². The Labute approximate surface area is 199 Å². The Bertz CT molecular complexity index is 1200. The third-order valence-electron chi connectivity index (χ3n) is 6.40. The first kappa shape index (κ1) is 22.0. The number of ether oxygens (including phenoxy) is 1. The molecular weight excluding hydrogens is 428 g/mol. The van der Waals surface area contributed by atoms with E-state index in [4.69, 9.17) is 4.74 Å². The Balaban J connectivity index is 1.57. The van der Waals surface area contributed by atoms with Crippen LogP contribution in [0.1, 0.15) is 35.8 Å². The SMILES string of the molecule is CCOC(=O)C1=C(CN2CCn3cccc3[C@@H]2c2ccccc2)NC(=O)N[C@@H]1c1ccccc1. The van der Waals surface area contributed by atoms with E-state index in [1.807, 2.05) is 48.5 Å². The van der Waals surface area contributed by atoms with Crippen LogP contribution in [-0.4, -0.2) is 41.2 Å². The fraction of sp³-hybridized carbons (Fsp3) is 0.259. The van der Waals surface area contributed by atoms with Crippen LogP contribution in [0.25, 0.3) is 0 Å². The first-order valence-electron chi connectivity index (χ1n) is 11.6. The van der Waals surface area contributed by atoms with Gasteiger partial charge in [0.15, 0.2) is 0 Å². The lowest BCUT2D eigenvalue weighted by Crippen LogP contribution is -2.50. The number of nitrogens with zero attached hydrogens (tertiary/aromatic N) is 2. The Morgan fingerprint density at radius 3 is 2.38 bits per heavy atom. The van der Waals surface area contributed by atoms with Gasteiger partial charge in [0.1, 0.15) is 0 Å². The van der Waals surface area contributed by atoms with Gasteiger partial charge in [-0.1, -0.05) is 60.7 Å². The number of nitrogens with one attached hydrogen (secondary N) is 2. The lowest BCUT2D eigenvalue weighted by atomic mass is 9.94. The highest BCUT2D eigenvalue weighted by molar-refractivity contribution is 5.95. The molecule has 0 bridgehead atoms. The zero-order chi connectivity index (χ0) is 23.5. The molecule has 0 radical (unpaired) electrons. The zero-order valence-electron chi connectivity index (χ0n) is 19.1. The number of esters is 1. The van der Waals surface area contributed by atoms with Crippen molar-refractivity contribution in [3.8, 4) is 0 Å². The molecule has 5 rings (SSSR count). The van der Waals surface area contributed by atoms with Crippen molar-refractivity contribution in [2.75, 3.05) is 19.7 Å². The molecule has 0 fully saturated rings. The molecule has 2 aliphatic heterocycles. The van der Waals surface area contributed by atoms with Gasteiger partial charge in [-0.25, -0.2) is 9.59 Å². The minimum Gasteiger partial charge on any atom is -0.463 e. The molecule has 2 aromatic carbocycles. The molecule has 34 heavy (non-hydrogen) atoms. The average molecular weight is 457 g/mol. The number of amides is 2. The maximum absolute atomic E-state index is 13.2. The maximum Gasteiger partial charge on any atom is 0.338 e. The number of urea groups is 1. The van der Waals surface area contributed by atoms with Crippen molar-refractivity contribution in [2.45, 2.75) is 25.6 Å². The Kier molecular flexibility index (Phi) is 6.18. The van der Waals surface area contributed by atoms with E-state index in [1.54, 1.807) is 6.92 Å². The molecular formula is C27H28N4O3. The summed E-state index contributed by atoms with van der Waals surface area (Å²) in [5, 5.41) is 5.84. The molecule has 7 heteroatoms. The molecule has 2 N–H and O–H groups in total. The maximum atomic E-state index is 13.2. The van der Waals surface area contributed by atoms with Gasteiger partial charge in [-0.3, -0.25) is 4.90 Å². The molecule has 7 nitrogen and oxygen atoms in total. The molecule has 2 atom stereocenters. The van der Waals surface area contributed by atoms with Gasteiger partial charge in [0.25, 0.3) is 0 Å². The van der Waals surface area contributed by atoms with Crippen LogP contribution >= 0.6 is 0 Å². The van der Waals surface area contributed by atoms with Gasteiger partial charge in [-0.2, -0.15) is 0 Å². The minimum absolute atomic E-state index is 0.00265. The Morgan fingerprint density at radius 2 is 1.68 bits per heavy atom. The second kappa shape index (κ2) is 9.57. The van der Waals surface area contributed by atoms with Crippen molar-refractivity contribution >= 4 is 12.0 Å². The molecule has 2 aliphatic rings. The second-order valence-corrected chi connectivity index (χ2v) is 8.47. The van der Waals surface area contributed by atoms with Crippen LogP contribution in [0.4, 0.5) is 4.79 Å². The number of rotatable bonds is 6. The lowest BCUT2D eigenvalue weighted by molar-refractivity contribution is -0.139.